The van der Waals surface area contributed by atoms with Crippen LogP contribution in [0.5, 0.6) is 11.5 Å². The fourth-order valence-corrected chi connectivity index (χ4v) is 3.41. The van der Waals surface area contributed by atoms with Crippen molar-refractivity contribution >= 4 is 17.3 Å². The summed E-state index contributed by atoms with van der Waals surface area (Å²) in [7, 11) is 5.10. The van der Waals surface area contributed by atoms with Crippen molar-refractivity contribution in [3.05, 3.63) is 46.2 Å². The summed E-state index contributed by atoms with van der Waals surface area (Å²) < 4.78 is 10.8. The predicted octanol–water partition coefficient (Wildman–Crippen LogP) is 3.97. The second-order valence-corrected chi connectivity index (χ2v) is 7.74. The molecule has 0 aliphatic carbocycles. The number of nitrogens with zero attached hydrogens (tertiary/aromatic N) is 1. The molecular formula is C20H29N3O2S. The molecular weight excluding hydrogens is 346 g/mol. The number of benzene rings is 1. The Morgan fingerprint density at radius 1 is 1.19 bits per heavy atom. The van der Waals surface area contributed by atoms with Gasteiger partial charge in [0.25, 0.3) is 0 Å². The van der Waals surface area contributed by atoms with Crippen LogP contribution in [0.3, 0.4) is 0 Å². The lowest BCUT2D eigenvalue weighted by Crippen LogP contribution is -2.44. The van der Waals surface area contributed by atoms with Gasteiger partial charge in [0, 0.05) is 23.9 Å². The van der Waals surface area contributed by atoms with Crippen molar-refractivity contribution in [2.45, 2.75) is 32.2 Å². The number of aliphatic imine (C=N–C) groups is 1. The highest BCUT2D eigenvalue weighted by Crippen LogP contribution is 2.32. The molecule has 1 unspecified atom stereocenters. The summed E-state index contributed by atoms with van der Waals surface area (Å²) in [6, 6.07) is 10.5. The van der Waals surface area contributed by atoms with Gasteiger partial charge in [0.2, 0.25) is 0 Å². The minimum Gasteiger partial charge on any atom is -0.493 e. The number of methoxy groups -OCH3 is 2. The Hall–Kier alpha value is -2.21. The molecule has 1 heterocycles. The van der Waals surface area contributed by atoms with E-state index in [2.05, 4.69) is 60.0 Å². The van der Waals surface area contributed by atoms with E-state index in [-0.39, 0.29) is 11.5 Å². The first-order valence-corrected chi connectivity index (χ1v) is 9.52. The van der Waals surface area contributed by atoms with Crippen LogP contribution in [-0.2, 0) is 5.41 Å². The molecule has 0 saturated carbocycles. The van der Waals surface area contributed by atoms with Gasteiger partial charge in [-0.05, 0) is 36.1 Å². The van der Waals surface area contributed by atoms with Gasteiger partial charge in [-0.2, -0.15) is 0 Å². The largest absolute Gasteiger partial charge is 0.493 e. The van der Waals surface area contributed by atoms with E-state index in [1.54, 1.807) is 32.6 Å². The Morgan fingerprint density at radius 2 is 1.92 bits per heavy atom. The zero-order chi connectivity index (χ0) is 19.2. The van der Waals surface area contributed by atoms with Crippen molar-refractivity contribution in [2.75, 3.05) is 27.8 Å². The number of thiophene rings is 1. The summed E-state index contributed by atoms with van der Waals surface area (Å²) in [4.78, 5) is 5.63. The fourth-order valence-electron chi connectivity index (χ4n) is 2.67. The van der Waals surface area contributed by atoms with Gasteiger partial charge >= 0.3 is 0 Å². The third-order valence-electron chi connectivity index (χ3n) is 4.41. The molecule has 0 bridgehead atoms. The zero-order valence-electron chi connectivity index (χ0n) is 16.4. The van der Waals surface area contributed by atoms with Gasteiger partial charge in [0.1, 0.15) is 0 Å². The minimum atomic E-state index is -0.108. The van der Waals surface area contributed by atoms with Crippen LogP contribution in [0, 0.1) is 0 Å². The first kappa shape index (κ1) is 20.1. The van der Waals surface area contributed by atoms with Crippen molar-refractivity contribution in [3.63, 3.8) is 0 Å². The second kappa shape index (κ2) is 8.94. The molecule has 2 rings (SSSR count). The van der Waals surface area contributed by atoms with Crippen LogP contribution >= 0.6 is 11.3 Å². The lowest BCUT2D eigenvalue weighted by atomic mass is 9.84. The SMILES string of the molecule is CN=C(NCC(C)(C)c1ccc(OC)c(OC)c1)NC(C)c1cccs1. The Labute approximate surface area is 160 Å². The summed E-state index contributed by atoms with van der Waals surface area (Å²) in [6.07, 6.45) is 0. The molecule has 142 valence electrons. The summed E-state index contributed by atoms with van der Waals surface area (Å²) in [6.45, 7) is 7.26. The third kappa shape index (κ3) is 4.91. The molecule has 0 amide bonds. The molecule has 0 saturated heterocycles. The minimum absolute atomic E-state index is 0.108. The van der Waals surface area contributed by atoms with Gasteiger partial charge in [-0.1, -0.05) is 26.0 Å². The standard InChI is InChI=1S/C20H29N3O2S/c1-14(18-8-7-11-26-18)23-19(21-4)22-13-20(2,3)15-9-10-16(24-5)17(12-15)25-6/h7-12,14H,13H2,1-6H3,(H2,21,22,23). The maximum absolute atomic E-state index is 5.43. The highest BCUT2D eigenvalue weighted by atomic mass is 32.1. The van der Waals surface area contributed by atoms with Crippen molar-refractivity contribution in [1.82, 2.24) is 10.6 Å². The summed E-state index contributed by atoms with van der Waals surface area (Å²) in [5.41, 5.74) is 1.06. The molecule has 26 heavy (non-hydrogen) atoms. The number of hydrogen-bond acceptors (Lipinski definition) is 4. The van der Waals surface area contributed by atoms with Gasteiger partial charge < -0.3 is 20.1 Å². The molecule has 0 fully saturated rings. The monoisotopic (exact) mass is 375 g/mol. The van der Waals surface area contributed by atoms with Crippen molar-refractivity contribution in [1.29, 1.82) is 0 Å². The van der Waals surface area contributed by atoms with Crippen LogP contribution in [0.25, 0.3) is 0 Å². The molecule has 0 aliphatic rings. The average molecular weight is 376 g/mol. The van der Waals surface area contributed by atoms with Crippen molar-refractivity contribution in [3.8, 4) is 11.5 Å². The number of nitrogens with one attached hydrogen (secondary N) is 2. The zero-order valence-corrected chi connectivity index (χ0v) is 17.2. The van der Waals surface area contributed by atoms with Crippen LogP contribution in [0.1, 0.15) is 37.3 Å². The summed E-state index contributed by atoms with van der Waals surface area (Å²) in [5, 5.41) is 8.96. The van der Waals surface area contributed by atoms with Crippen LogP contribution in [0.4, 0.5) is 0 Å². The van der Waals surface area contributed by atoms with Gasteiger partial charge in [-0.25, -0.2) is 0 Å². The van der Waals surface area contributed by atoms with Gasteiger partial charge in [0.15, 0.2) is 17.5 Å². The molecule has 2 N–H and O–H groups in total. The first-order valence-electron chi connectivity index (χ1n) is 8.64. The molecule has 1 aromatic heterocycles. The van der Waals surface area contributed by atoms with E-state index in [9.17, 15) is 0 Å². The Kier molecular flexibility index (Phi) is 6.91. The quantitative estimate of drug-likeness (QED) is 0.568. The van der Waals surface area contributed by atoms with E-state index < -0.39 is 0 Å². The topological polar surface area (TPSA) is 54.9 Å². The Bertz CT molecular complexity index is 727. The summed E-state index contributed by atoms with van der Waals surface area (Å²) >= 11 is 1.74. The van der Waals surface area contributed by atoms with Gasteiger partial charge in [-0.15, -0.1) is 11.3 Å². The first-order chi connectivity index (χ1) is 12.4. The molecule has 1 aromatic carbocycles. The highest BCUT2D eigenvalue weighted by molar-refractivity contribution is 7.10. The smallest absolute Gasteiger partial charge is 0.191 e. The molecule has 0 spiro atoms. The highest BCUT2D eigenvalue weighted by Gasteiger charge is 2.23. The Balaban J connectivity index is 2.03. The Morgan fingerprint density at radius 3 is 2.50 bits per heavy atom. The molecule has 0 aliphatic heterocycles. The lowest BCUT2D eigenvalue weighted by molar-refractivity contribution is 0.353. The van der Waals surface area contributed by atoms with Crippen LogP contribution in [0.15, 0.2) is 40.7 Å². The number of rotatable bonds is 7. The third-order valence-corrected chi connectivity index (χ3v) is 5.46. The van der Waals surface area contributed by atoms with E-state index in [1.165, 1.54) is 10.4 Å². The number of ether oxygens (including phenoxy) is 2. The van der Waals surface area contributed by atoms with Crippen LogP contribution in [-0.4, -0.2) is 33.8 Å². The van der Waals surface area contributed by atoms with E-state index in [1.807, 2.05) is 12.1 Å². The number of guanidine groups is 1. The summed E-state index contributed by atoms with van der Waals surface area (Å²) in [5.74, 6) is 2.27. The van der Waals surface area contributed by atoms with Gasteiger partial charge in [0.05, 0.1) is 20.3 Å². The van der Waals surface area contributed by atoms with E-state index in [0.29, 0.717) is 0 Å². The van der Waals surface area contributed by atoms with E-state index in [0.717, 1.165) is 24.0 Å². The molecule has 1 atom stereocenters. The van der Waals surface area contributed by atoms with E-state index in [4.69, 9.17) is 9.47 Å². The van der Waals surface area contributed by atoms with Crippen LogP contribution in [0.2, 0.25) is 0 Å². The molecule has 0 radical (unpaired) electrons. The molecule has 6 heteroatoms. The van der Waals surface area contributed by atoms with Crippen LogP contribution < -0.4 is 20.1 Å². The van der Waals surface area contributed by atoms with Gasteiger partial charge in [-0.3, -0.25) is 4.99 Å². The molecule has 2 aromatic rings. The average Bonchev–Trinajstić information content (AvgIpc) is 3.19. The molecule has 5 nitrogen and oxygen atoms in total. The fraction of sp³-hybridized carbons (Fsp3) is 0.450. The lowest BCUT2D eigenvalue weighted by Gasteiger charge is -2.28. The number of hydrogen-bond donors (Lipinski definition) is 2. The van der Waals surface area contributed by atoms with Crippen molar-refractivity contribution < 1.29 is 9.47 Å². The van der Waals surface area contributed by atoms with E-state index >= 15 is 0 Å². The normalized spacial score (nSPS) is 13.2. The maximum atomic E-state index is 5.43. The second-order valence-electron chi connectivity index (χ2n) is 6.76. The predicted molar refractivity (Wildman–Crippen MR) is 110 cm³/mol. The van der Waals surface area contributed by atoms with Crippen molar-refractivity contribution in [2.24, 2.45) is 4.99 Å². The maximum Gasteiger partial charge on any atom is 0.191 e.